The van der Waals surface area contributed by atoms with Crippen LogP contribution in [0.15, 0.2) is 23.2 Å². The van der Waals surface area contributed by atoms with E-state index in [2.05, 4.69) is 4.99 Å². The van der Waals surface area contributed by atoms with E-state index in [0.29, 0.717) is 10.2 Å². The Hall–Kier alpha value is -1.58. The van der Waals surface area contributed by atoms with Crippen LogP contribution in [0.4, 0.5) is 5.69 Å². The van der Waals surface area contributed by atoms with Crippen molar-refractivity contribution in [2.75, 3.05) is 16.4 Å². The number of carboxylic acids is 1. The van der Waals surface area contributed by atoms with Gasteiger partial charge in [0.2, 0.25) is 5.91 Å². The Kier molecular flexibility index (Phi) is 5.83. The Balaban J connectivity index is 1.91. The monoisotopic (exact) mass is 430 g/mol. The first-order chi connectivity index (χ1) is 12.7. The first-order valence-corrected chi connectivity index (χ1v) is 11.5. The number of hydrogen-bond acceptors (Lipinski definition) is 5. The van der Waals surface area contributed by atoms with Crippen LogP contribution in [0, 0.1) is 6.92 Å². The number of carbonyl (C=O) groups is 2. The highest BCUT2D eigenvalue weighted by Gasteiger charge is 2.49. The largest absolute Gasteiger partial charge is 0.481 e. The molecule has 7 nitrogen and oxygen atoms in total. The molecule has 1 amide bonds. The van der Waals surface area contributed by atoms with Crippen molar-refractivity contribution >= 4 is 55.9 Å². The van der Waals surface area contributed by atoms with Gasteiger partial charge in [0.15, 0.2) is 15.0 Å². The van der Waals surface area contributed by atoms with Gasteiger partial charge in [-0.25, -0.2) is 8.42 Å². The minimum absolute atomic E-state index is 0.00282. The number of rotatable bonds is 5. The molecule has 2 heterocycles. The highest BCUT2D eigenvalue weighted by atomic mass is 35.5. The van der Waals surface area contributed by atoms with E-state index in [-0.39, 0.29) is 42.1 Å². The van der Waals surface area contributed by atoms with Gasteiger partial charge in [0, 0.05) is 28.8 Å². The number of halogens is 1. The molecule has 0 saturated carbocycles. The number of benzene rings is 1. The number of anilines is 1. The molecular weight excluding hydrogens is 412 g/mol. The van der Waals surface area contributed by atoms with Gasteiger partial charge in [-0.05, 0) is 31.0 Å². The van der Waals surface area contributed by atoms with Crippen LogP contribution in [0.2, 0.25) is 5.02 Å². The van der Waals surface area contributed by atoms with E-state index in [4.69, 9.17) is 16.7 Å². The second-order valence-electron chi connectivity index (χ2n) is 6.59. The Labute approximate surface area is 166 Å². The van der Waals surface area contributed by atoms with Gasteiger partial charge in [-0.15, -0.1) is 0 Å². The molecule has 27 heavy (non-hydrogen) atoms. The minimum atomic E-state index is -3.15. The Morgan fingerprint density at radius 3 is 2.78 bits per heavy atom. The highest BCUT2D eigenvalue weighted by Crippen LogP contribution is 2.42. The van der Waals surface area contributed by atoms with Gasteiger partial charge in [0.1, 0.15) is 0 Å². The van der Waals surface area contributed by atoms with E-state index in [0.717, 1.165) is 11.3 Å². The molecule has 2 saturated heterocycles. The smallest absolute Gasteiger partial charge is 0.303 e. The van der Waals surface area contributed by atoms with Crippen molar-refractivity contribution < 1.29 is 23.1 Å². The summed E-state index contributed by atoms with van der Waals surface area (Å²) in [7, 11) is -3.15. The summed E-state index contributed by atoms with van der Waals surface area (Å²) in [5.41, 5.74) is 1.52. The number of aliphatic imine (C=N–C) groups is 1. The van der Waals surface area contributed by atoms with Crippen molar-refractivity contribution in [1.82, 2.24) is 0 Å². The number of amidine groups is 1. The fourth-order valence-corrected chi connectivity index (χ4v) is 7.35. The number of amides is 1. The third-order valence-corrected chi connectivity index (χ3v) is 8.19. The number of sulfone groups is 1. The summed E-state index contributed by atoms with van der Waals surface area (Å²) < 4.78 is 24.2. The second-order valence-corrected chi connectivity index (χ2v) is 10.4. The van der Waals surface area contributed by atoms with E-state index in [9.17, 15) is 18.0 Å². The number of hydrogen-bond donors (Lipinski definition) is 1. The Morgan fingerprint density at radius 1 is 1.33 bits per heavy atom. The lowest BCUT2D eigenvalue weighted by molar-refractivity contribution is -0.137. The van der Waals surface area contributed by atoms with Gasteiger partial charge in [-0.1, -0.05) is 29.4 Å². The summed E-state index contributed by atoms with van der Waals surface area (Å²) in [6.45, 7) is 1.84. The molecule has 0 aliphatic carbocycles. The van der Waals surface area contributed by atoms with Crippen molar-refractivity contribution in [2.45, 2.75) is 37.5 Å². The van der Waals surface area contributed by atoms with Gasteiger partial charge in [-0.2, -0.15) is 4.99 Å². The maximum Gasteiger partial charge on any atom is 0.303 e. The van der Waals surface area contributed by atoms with Gasteiger partial charge in [0.25, 0.3) is 0 Å². The van der Waals surface area contributed by atoms with Crippen molar-refractivity contribution in [2.24, 2.45) is 4.99 Å². The summed E-state index contributed by atoms with van der Waals surface area (Å²) in [6, 6.07) is 5.06. The molecule has 10 heteroatoms. The second kappa shape index (κ2) is 7.81. The molecule has 0 unspecified atom stereocenters. The Bertz CT molecular complexity index is 916. The molecule has 2 aliphatic rings. The van der Waals surface area contributed by atoms with Gasteiger partial charge >= 0.3 is 5.97 Å². The molecule has 0 radical (unpaired) electrons. The van der Waals surface area contributed by atoms with Crippen molar-refractivity contribution in [3.05, 3.63) is 28.8 Å². The van der Waals surface area contributed by atoms with Crippen LogP contribution < -0.4 is 4.90 Å². The molecule has 0 aromatic heterocycles. The molecule has 2 aliphatic heterocycles. The molecule has 146 valence electrons. The molecule has 0 bridgehead atoms. The highest BCUT2D eigenvalue weighted by molar-refractivity contribution is 8.16. The lowest BCUT2D eigenvalue weighted by Gasteiger charge is -2.26. The average Bonchev–Trinajstić information content (AvgIpc) is 3.01. The minimum Gasteiger partial charge on any atom is -0.481 e. The van der Waals surface area contributed by atoms with Crippen LogP contribution >= 0.6 is 23.4 Å². The van der Waals surface area contributed by atoms with Gasteiger partial charge in [0.05, 0.1) is 17.5 Å². The lowest BCUT2D eigenvalue weighted by Crippen LogP contribution is -2.38. The third-order valence-electron chi connectivity index (χ3n) is 4.57. The Morgan fingerprint density at radius 2 is 2.07 bits per heavy atom. The molecular formula is C17H19ClN2O5S2. The summed E-state index contributed by atoms with van der Waals surface area (Å²) in [4.78, 5) is 28.8. The molecule has 2 fully saturated rings. The molecule has 1 aromatic carbocycles. The van der Waals surface area contributed by atoms with Crippen LogP contribution in [-0.4, -0.2) is 53.4 Å². The molecule has 0 spiro atoms. The maximum atomic E-state index is 12.2. The van der Waals surface area contributed by atoms with Gasteiger partial charge in [-0.3, -0.25) is 9.59 Å². The van der Waals surface area contributed by atoms with Crippen LogP contribution in [0.3, 0.4) is 0 Å². The zero-order valence-electron chi connectivity index (χ0n) is 14.6. The number of carbonyl (C=O) groups excluding carboxylic acids is 1. The summed E-state index contributed by atoms with van der Waals surface area (Å²) in [6.07, 6.45) is 0.156. The average molecular weight is 431 g/mol. The van der Waals surface area contributed by atoms with E-state index < -0.39 is 21.7 Å². The fraction of sp³-hybridized carbons (Fsp3) is 0.471. The zero-order chi connectivity index (χ0) is 19.8. The van der Waals surface area contributed by atoms with E-state index in [1.165, 1.54) is 11.8 Å². The van der Waals surface area contributed by atoms with Crippen molar-refractivity contribution in [1.29, 1.82) is 0 Å². The first kappa shape index (κ1) is 20.2. The maximum absolute atomic E-state index is 12.2. The number of thioether (sulfide) groups is 1. The van der Waals surface area contributed by atoms with Crippen LogP contribution in [0.1, 0.15) is 24.8 Å². The van der Waals surface area contributed by atoms with Crippen LogP contribution in [0.25, 0.3) is 0 Å². The first-order valence-electron chi connectivity index (χ1n) is 8.42. The molecule has 1 N–H and O–H groups in total. The van der Waals surface area contributed by atoms with Crippen LogP contribution in [-0.2, 0) is 19.4 Å². The van der Waals surface area contributed by atoms with Gasteiger partial charge < -0.3 is 10.0 Å². The van der Waals surface area contributed by atoms with E-state index >= 15 is 0 Å². The topological polar surface area (TPSA) is 104 Å². The number of aliphatic carboxylic acids is 1. The predicted molar refractivity (Wildman–Crippen MR) is 106 cm³/mol. The summed E-state index contributed by atoms with van der Waals surface area (Å²) in [5, 5.41) is 9.49. The predicted octanol–water partition coefficient (Wildman–Crippen LogP) is 2.50. The number of fused-ring (bicyclic) bond motifs is 1. The van der Waals surface area contributed by atoms with Crippen molar-refractivity contribution in [3.8, 4) is 0 Å². The number of carboxylic acid groups (broad SMARTS) is 1. The fourth-order valence-electron chi connectivity index (χ4n) is 3.26. The summed E-state index contributed by atoms with van der Waals surface area (Å²) >= 11 is 7.51. The normalized spacial score (nSPS) is 25.0. The van der Waals surface area contributed by atoms with Crippen LogP contribution in [0.5, 0.6) is 0 Å². The quantitative estimate of drug-likeness (QED) is 0.765. The third kappa shape index (κ3) is 4.47. The lowest BCUT2D eigenvalue weighted by atomic mass is 10.1. The SMILES string of the molecule is Cc1c(Cl)cccc1N1C(=NC(=O)CCCC(=O)O)S[C@@H]2CS(=O)(=O)C[C@@H]21. The standard InChI is InChI=1S/C17H19ClN2O5S2/c1-10-11(18)4-2-5-12(10)20-13-8-27(24,25)9-14(13)26-17(20)19-15(21)6-3-7-16(22)23/h2,4-5,13-14H,3,6-9H2,1H3,(H,22,23)/t13-,14+/m0/s1. The van der Waals surface area contributed by atoms with Crippen molar-refractivity contribution in [3.63, 3.8) is 0 Å². The molecule has 3 rings (SSSR count). The van der Waals surface area contributed by atoms with E-state index in [1.54, 1.807) is 17.0 Å². The zero-order valence-corrected chi connectivity index (χ0v) is 17.0. The number of nitrogens with zero attached hydrogens (tertiary/aromatic N) is 2. The molecule has 1 aromatic rings. The summed E-state index contributed by atoms with van der Waals surface area (Å²) in [5.74, 6) is -1.32. The molecule has 2 atom stereocenters. The van der Waals surface area contributed by atoms with E-state index in [1.807, 2.05) is 13.0 Å².